The molecule has 0 spiro atoms. The second kappa shape index (κ2) is 9.71. The molecule has 158 valence electrons. The van der Waals surface area contributed by atoms with Crippen LogP contribution in [0.2, 0.25) is 0 Å². The lowest BCUT2D eigenvalue weighted by molar-refractivity contribution is 0.0770. The van der Waals surface area contributed by atoms with Gasteiger partial charge in [-0.15, -0.1) is 11.8 Å². The largest absolute Gasteiger partial charge is 0.492 e. The number of amides is 1. The van der Waals surface area contributed by atoms with Gasteiger partial charge in [0.2, 0.25) is 0 Å². The molecule has 0 N–H and O–H groups in total. The van der Waals surface area contributed by atoms with Crippen molar-refractivity contribution in [3.63, 3.8) is 0 Å². The lowest BCUT2D eigenvalue weighted by Crippen LogP contribution is -2.31. The summed E-state index contributed by atoms with van der Waals surface area (Å²) >= 11 is 1.63. The highest BCUT2D eigenvalue weighted by atomic mass is 32.2. The predicted octanol–water partition coefficient (Wildman–Crippen LogP) is 5.09. The normalized spacial score (nSPS) is 10.9. The molecule has 0 saturated heterocycles. The molecule has 0 fully saturated rings. The highest BCUT2D eigenvalue weighted by molar-refractivity contribution is 7.98. The van der Waals surface area contributed by atoms with Crippen molar-refractivity contribution >= 4 is 23.3 Å². The highest BCUT2D eigenvalue weighted by Crippen LogP contribution is 2.27. The molecule has 0 bridgehead atoms. The fourth-order valence-electron chi connectivity index (χ4n) is 3.29. The number of imidazole rings is 1. The molecule has 5 nitrogen and oxygen atoms in total. The Morgan fingerprint density at radius 2 is 1.94 bits per heavy atom. The zero-order valence-electron chi connectivity index (χ0n) is 17.7. The van der Waals surface area contributed by atoms with E-state index in [0.29, 0.717) is 24.5 Å². The minimum atomic E-state index is -0.00839. The van der Waals surface area contributed by atoms with E-state index in [1.807, 2.05) is 97.5 Å². The summed E-state index contributed by atoms with van der Waals surface area (Å²) in [6.45, 7) is 2.99. The molecule has 2 heterocycles. The van der Waals surface area contributed by atoms with Crippen molar-refractivity contribution in [2.45, 2.75) is 17.6 Å². The average Bonchev–Trinajstić information content (AvgIpc) is 3.20. The number of hydrogen-bond donors (Lipinski definition) is 0. The van der Waals surface area contributed by atoms with Gasteiger partial charge >= 0.3 is 0 Å². The third-order valence-electron chi connectivity index (χ3n) is 4.94. The smallest absolute Gasteiger partial charge is 0.254 e. The summed E-state index contributed by atoms with van der Waals surface area (Å²) in [6, 6.07) is 21.6. The van der Waals surface area contributed by atoms with Crippen LogP contribution in [0.3, 0.4) is 0 Å². The van der Waals surface area contributed by atoms with Crippen LogP contribution in [0.25, 0.3) is 5.65 Å². The van der Waals surface area contributed by atoms with Crippen LogP contribution in [0.4, 0.5) is 0 Å². The number of ether oxygens (including phenoxy) is 1. The van der Waals surface area contributed by atoms with Gasteiger partial charge in [0, 0.05) is 30.1 Å². The molecule has 6 heteroatoms. The number of benzene rings is 2. The number of fused-ring (bicyclic) bond motifs is 1. The van der Waals surface area contributed by atoms with Crippen molar-refractivity contribution < 1.29 is 9.53 Å². The molecule has 0 radical (unpaired) electrons. The second-order valence-corrected chi connectivity index (χ2v) is 8.39. The molecule has 2 aromatic carbocycles. The number of aryl methyl sites for hydroxylation is 1. The van der Waals surface area contributed by atoms with Crippen molar-refractivity contribution in [1.29, 1.82) is 0 Å². The summed E-state index contributed by atoms with van der Waals surface area (Å²) in [5.41, 5.74) is 3.77. The number of aromatic nitrogens is 2. The molecule has 0 aliphatic heterocycles. The molecule has 4 rings (SSSR count). The maximum Gasteiger partial charge on any atom is 0.254 e. The Labute approximate surface area is 186 Å². The number of rotatable bonds is 8. The monoisotopic (exact) mass is 431 g/mol. The first-order chi connectivity index (χ1) is 15.1. The second-order valence-electron chi connectivity index (χ2n) is 7.37. The highest BCUT2D eigenvalue weighted by Gasteiger charge is 2.16. The van der Waals surface area contributed by atoms with Crippen molar-refractivity contribution in [3.8, 4) is 5.75 Å². The fraction of sp³-hybridized carbons (Fsp3) is 0.200. The van der Waals surface area contributed by atoms with Gasteiger partial charge in [-0.1, -0.05) is 30.3 Å². The standard InChI is InChI=1S/C25H25N3O2S/c1-19-8-7-9-21(16-19)30-15-14-27(2)25(29)22-10-3-4-11-23(22)31-18-20-17-28-13-6-5-12-24(28)26-20/h3-13,16-17H,14-15,18H2,1-2H3. The average molecular weight is 432 g/mol. The van der Waals surface area contributed by atoms with E-state index in [1.54, 1.807) is 16.7 Å². The molecular formula is C25H25N3O2S. The van der Waals surface area contributed by atoms with Gasteiger partial charge < -0.3 is 14.0 Å². The number of carbonyl (C=O) groups is 1. The van der Waals surface area contributed by atoms with Gasteiger partial charge in [0.1, 0.15) is 18.0 Å². The summed E-state index contributed by atoms with van der Waals surface area (Å²) in [7, 11) is 1.81. The molecule has 0 saturated carbocycles. The number of likely N-dealkylation sites (N-methyl/N-ethyl adjacent to an activating group) is 1. The van der Waals surface area contributed by atoms with Crippen molar-refractivity contribution in [1.82, 2.24) is 14.3 Å². The Hall–Kier alpha value is -3.25. The van der Waals surface area contributed by atoms with Crippen molar-refractivity contribution in [3.05, 3.63) is 95.9 Å². The number of carbonyl (C=O) groups excluding carboxylic acids is 1. The molecule has 31 heavy (non-hydrogen) atoms. The van der Waals surface area contributed by atoms with Gasteiger partial charge in [0.25, 0.3) is 5.91 Å². The van der Waals surface area contributed by atoms with Crippen LogP contribution < -0.4 is 4.74 Å². The molecular weight excluding hydrogens is 406 g/mol. The van der Waals surface area contributed by atoms with E-state index in [-0.39, 0.29) is 5.91 Å². The SMILES string of the molecule is Cc1cccc(OCCN(C)C(=O)c2ccccc2SCc2cn3ccccc3n2)c1. The van der Waals surface area contributed by atoms with Gasteiger partial charge in [-0.05, 0) is 48.9 Å². The Morgan fingerprint density at radius 3 is 2.77 bits per heavy atom. The van der Waals surface area contributed by atoms with E-state index in [1.165, 1.54) is 0 Å². The lowest BCUT2D eigenvalue weighted by Gasteiger charge is -2.19. The zero-order valence-corrected chi connectivity index (χ0v) is 18.5. The number of pyridine rings is 1. The Bertz CT molecular complexity index is 1160. The van der Waals surface area contributed by atoms with Crippen LogP contribution in [0, 0.1) is 6.92 Å². The first-order valence-electron chi connectivity index (χ1n) is 10.2. The van der Waals surface area contributed by atoms with Crippen LogP contribution in [0.1, 0.15) is 21.6 Å². The van der Waals surface area contributed by atoms with Gasteiger partial charge in [-0.3, -0.25) is 4.79 Å². The minimum Gasteiger partial charge on any atom is -0.492 e. The summed E-state index contributed by atoms with van der Waals surface area (Å²) in [5, 5.41) is 0. The Balaban J connectivity index is 1.37. The predicted molar refractivity (Wildman–Crippen MR) is 125 cm³/mol. The lowest BCUT2D eigenvalue weighted by atomic mass is 10.2. The van der Waals surface area contributed by atoms with Gasteiger partial charge in [-0.25, -0.2) is 4.98 Å². The maximum absolute atomic E-state index is 13.1. The van der Waals surface area contributed by atoms with Gasteiger partial charge in [0.15, 0.2) is 0 Å². The van der Waals surface area contributed by atoms with Gasteiger partial charge in [0.05, 0.1) is 17.8 Å². The molecule has 1 amide bonds. The summed E-state index contributed by atoms with van der Waals surface area (Å²) in [5.74, 6) is 1.52. The zero-order chi connectivity index (χ0) is 21.6. The van der Waals surface area contributed by atoms with E-state index < -0.39 is 0 Å². The summed E-state index contributed by atoms with van der Waals surface area (Å²) < 4.78 is 7.81. The van der Waals surface area contributed by atoms with Crippen LogP contribution >= 0.6 is 11.8 Å². The number of nitrogens with zero attached hydrogens (tertiary/aromatic N) is 3. The first-order valence-corrected chi connectivity index (χ1v) is 11.2. The Kier molecular flexibility index (Phi) is 6.57. The van der Waals surface area contributed by atoms with E-state index in [9.17, 15) is 4.79 Å². The molecule has 0 aliphatic rings. The van der Waals surface area contributed by atoms with Crippen LogP contribution in [-0.2, 0) is 5.75 Å². The van der Waals surface area contributed by atoms with E-state index in [4.69, 9.17) is 4.74 Å². The number of thioether (sulfide) groups is 1. The van der Waals surface area contributed by atoms with E-state index in [0.717, 1.165) is 27.5 Å². The first kappa shape index (κ1) is 21.0. The van der Waals surface area contributed by atoms with Crippen LogP contribution in [0.5, 0.6) is 5.75 Å². The molecule has 2 aromatic heterocycles. The van der Waals surface area contributed by atoms with E-state index in [2.05, 4.69) is 4.98 Å². The van der Waals surface area contributed by atoms with Crippen LogP contribution in [0.15, 0.2) is 84.0 Å². The summed E-state index contributed by atoms with van der Waals surface area (Å²) in [6.07, 6.45) is 4.02. The molecule has 4 aromatic rings. The molecule has 0 unspecified atom stereocenters. The summed E-state index contributed by atoms with van der Waals surface area (Å²) in [4.78, 5) is 20.4. The Morgan fingerprint density at radius 1 is 1.10 bits per heavy atom. The molecule has 0 aliphatic carbocycles. The van der Waals surface area contributed by atoms with E-state index >= 15 is 0 Å². The quantitative estimate of drug-likeness (QED) is 0.365. The van der Waals surface area contributed by atoms with Crippen molar-refractivity contribution in [2.24, 2.45) is 0 Å². The minimum absolute atomic E-state index is 0.00839. The topological polar surface area (TPSA) is 46.8 Å². The van der Waals surface area contributed by atoms with Crippen molar-refractivity contribution in [2.75, 3.05) is 20.2 Å². The van der Waals surface area contributed by atoms with Gasteiger partial charge in [-0.2, -0.15) is 0 Å². The fourth-order valence-corrected chi connectivity index (χ4v) is 4.22. The number of hydrogen-bond acceptors (Lipinski definition) is 4. The third kappa shape index (κ3) is 5.27. The third-order valence-corrected chi connectivity index (χ3v) is 6.05. The molecule has 0 atom stereocenters. The van der Waals surface area contributed by atoms with Crippen LogP contribution in [-0.4, -0.2) is 40.4 Å². The maximum atomic E-state index is 13.1.